The molecular formula is C19H21N3O2. The molecule has 1 amide bonds. The number of fused-ring (bicyclic) bond motifs is 1. The zero-order valence-corrected chi connectivity index (χ0v) is 13.7. The van der Waals surface area contributed by atoms with E-state index in [2.05, 4.69) is 15.3 Å². The van der Waals surface area contributed by atoms with E-state index in [0.717, 1.165) is 41.0 Å². The monoisotopic (exact) mass is 323 g/mol. The number of rotatable bonds is 7. The number of amides is 1. The van der Waals surface area contributed by atoms with Gasteiger partial charge in [0.2, 0.25) is 5.91 Å². The maximum Gasteiger partial charge on any atom is 0.224 e. The molecule has 0 saturated carbocycles. The van der Waals surface area contributed by atoms with E-state index < -0.39 is 0 Å². The Morgan fingerprint density at radius 3 is 2.71 bits per heavy atom. The molecule has 0 fully saturated rings. The third-order valence-corrected chi connectivity index (χ3v) is 3.87. The Labute approximate surface area is 141 Å². The summed E-state index contributed by atoms with van der Waals surface area (Å²) in [5.74, 6) is 1.79. The number of methoxy groups -OCH3 is 1. The molecule has 0 aliphatic rings. The zero-order chi connectivity index (χ0) is 16.8. The molecule has 2 N–H and O–H groups in total. The molecule has 124 valence electrons. The minimum absolute atomic E-state index is 0.0322. The van der Waals surface area contributed by atoms with Crippen molar-refractivity contribution in [3.05, 3.63) is 59.9 Å². The Bertz CT molecular complexity index is 776. The van der Waals surface area contributed by atoms with Crippen molar-refractivity contribution < 1.29 is 9.53 Å². The number of nitrogens with one attached hydrogen (secondary N) is 2. The van der Waals surface area contributed by atoms with Gasteiger partial charge < -0.3 is 15.0 Å². The van der Waals surface area contributed by atoms with Crippen LogP contribution in [0, 0.1) is 0 Å². The van der Waals surface area contributed by atoms with Gasteiger partial charge in [-0.15, -0.1) is 0 Å². The lowest BCUT2D eigenvalue weighted by Crippen LogP contribution is -2.26. The van der Waals surface area contributed by atoms with Gasteiger partial charge in [0, 0.05) is 13.0 Å². The Kier molecular flexibility index (Phi) is 5.11. The summed E-state index contributed by atoms with van der Waals surface area (Å²) < 4.78 is 5.11. The van der Waals surface area contributed by atoms with Crippen LogP contribution < -0.4 is 10.1 Å². The van der Waals surface area contributed by atoms with Gasteiger partial charge in [-0.1, -0.05) is 24.3 Å². The van der Waals surface area contributed by atoms with Crippen LogP contribution in [0.15, 0.2) is 48.5 Å². The summed E-state index contributed by atoms with van der Waals surface area (Å²) in [6, 6.07) is 15.5. The van der Waals surface area contributed by atoms with Crippen molar-refractivity contribution in [3.63, 3.8) is 0 Å². The van der Waals surface area contributed by atoms with Crippen molar-refractivity contribution in [2.24, 2.45) is 0 Å². The van der Waals surface area contributed by atoms with Crippen LogP contribution in [0.4, 0.5) is 0 Å². The highest BCUT2D eigenvalue weighted by molar-refractivity contribution is 5.78. The van der Waals surface area contributed by atoms with Gasteiger partial charge in [0.05, 0.1) is 24.6 Å². The number of aromatic amines is 1. The minimum Gasteiger partial charge on any atom is -0.497 e. The van der Waals surface area contributed by atoms with Crippen LogP contribution in [0.2, 0.25) is 0 Å². The molecule has 1 heterocycles. The molecule has 5 heteroatoms. The van der Waals surface area contributed by atoms with Gasteiger partial charge in [0.25, 0.3) is 0 Å². The van der Waals surface area contributed by atoms with Gasteiger partial charge in [-0.3, -0.25) is 4.79 Å². The molecule has 0 unspecified atom stereocenters. The molecule has 2 aromatic carbocycles. The number of hydrogen-bond donors (Lipinski definition) is 2. The summed E-state index contributed by atoms with van der Waals surface area (Å²) in [5.41, 5.74) is 3.01. The topological polar surface area (TPSA) is 67.0 Å². The van der Waals surface area contributed by atoms with E-state index >= 15 is 0 Å². The summed E-state index contributed by atoms with van der Waals surface area (Å²) in [4.78, 5) is 19.8. The van der Waals surface area contributed by atoms with Crippen molar-refractivity contribution in [2.45, 2.75) is 19.3 Å². The van der Waals surface area contributed by atoms with Crippen molar-refractivity contribution in [2.75, 3.05) is 13.7 Å². The Morgan fingerprint density at radius 2 is 1.96 bits per heavy atom. The summed E-state index contributed by atoms with van der Waals surface area (Å²) in [6.45, 7) is 0.645. The molecule has 0 atom stereocenters. The minimum atomic E-state index is 0.0322. The Morgan fingerprint density at radius 1 is 1.17 bits per heavy atom. The zero-order valence-electron chi connectivity index (χ0n) is 13.7. The number of aromatic nitrogens is 2. The maximum atomic E-state index is 12.0. The predicted octanol–water partition coefficient (Wildman–Crippen LogP) is 2.86. The fourth-order valence-corrected chi connectivity index (χ4v) is 2.60. The van der Waals surface area contributed by atoms with Gasteiger partial charge in [-0.05, 0) is 36.2 Å². The van der Waals surface area contributed by atoms with Crippen molar-refractivity contribution in [1.82, 2.24) is 15.3 Å². The normalized spacial score (nSPS) is 10.7. The number of imidazole rings is 1. The molecule has 0 bridgehead atoms. The number of ether oxygens (including phenoxy) is 1. The maximum absolute atomic E-state index is 12.0. The average Bonchev–Trinajstić information content (AvgIpc) is 3.02. The number of hydrogen-bond acceptors (Lipinski definition) is 3. The Balaban J connectivity index is 1.41. The van der Waals surface area contributed by atoms with Gasteiger partial charge in [0.15, 0.2) is 0 Å². The first-order chi connectivity index (χ1) is 11.7. The molecule has 0 radical (unpaired) electrons. The number of H-pyrrole nitrogens is 1. The van der Waals surface area contributed by atoms with E-state index in [0.29, 0.717) is 13.0 Å². The van der Waals surface area contributed by atoms with Crippen LogP contribution in [-0.2, 0) is 17.6 Å². The Hall–Kier alpha value is -2.82. The van der Waals surface area contributed by atoms with E-state index in [1.54, 1.807) is 7.11 Å². The number of aryl methyl sites for hydroxylation is 1. The van der Waals surface area contributed by atoms with E-state index in [4.69, 9.17) is 4.74 Å². The van der Waals surface area contributed by atoms with E-state index in [1.807, 2.05) is 48.5 Å². The first kappa shape index (κ1) is 16.1. The predicted molar refractivity (Wildman–Crippen MR) is 94.1 cm³/mol. The number of carbonyl (C=O) groups is 1. The third kappa shape index (κ3) is 4.13. The van der Waals surface area contributed by atoms with Crippen LogP contribution in [0.3, 0.4) is 0 Å². The molecule has 24 heavy (non-hydrogen) atoms. The van der Waals surface area contributed by atoms with Crippen molar-refractivity contribution in [3.8, 4) is 5.75 Å². The molecule has 0 saturated heterocycles. The van der Waals surface area contributed by atoms with Crippen LogP contribution >= 0.6 is 0 Å². The van der Waals surface area contributed by atoms with Crippen molar-refractivity contribution in [1.29, 1.82) is 0 Å². The van der Waals surface area contributed by atoms with Crippen LogP contribution in [0.25, 0.3) is 11.0 Å². The molecule has 1 aromatic heterocycles. The third-order valence-electron chi connectivity index (χ3n) is 3.87. The number of nitrogens with zero attached hydrogens (tertiary/aromatic N) is 1. The lowest BCUT2D eigenvalue weighted by atomic mass is 10.1. The van der Waals surface area contributed by atoms with E-state index in [-0.39, 0.29) is 5.91 Å². The SMILES string of the molecule is COc1ccc(CC(=O)NCCCc2nc3ccccc3[nH]2)cc1. The van der Waals surface area contributed by atoms with E-state index in [1.165, 1.54) is 0 Å². The average molecular weight is 323 g/mol. The first-order valence-corrected chi connectivity index (χ1v) is 8.08. The molecule has 5 nitrogen and oxygen atoms in total. The fourth-order valence-electron chi connectivity index (χ4n) is 2.60. The van der Waals surface area contributed by atoms with Crippen molar-refractivity contribution >= 4 is 16.9 Å². The lowest BCUT2D eigenvalue weighted by Gasteiger charge is -2.05. The number of para-hydroxylation sites is 2. The molecular weight excluding hydrogens is 302 g/mol. The van der Waals surface area contributed by atoms with Gasteiger partial charge >= 0.3 is 0 Å². The largest absolute Gasteiger partial charge is 0.497 e. The number of benzene rings is 2. The molecule has 0 spiro atoms. The van der Waals surface area contributed by atoms with Gasteiger partial charge in [-0.25, -0.2) is 4.98 Å². The molecule has 3 rings (SSSR count). The quantitative estimate of drug-likeness (QED) is 0.657. The standard InChI is InChI=1S/C19H21N3O2/c1-24-15-10-8-14(9-11-15)13-19(23)20-12-4-7-18-21-16-5-2-3-6-17(16)22-18/h2-3,5-6,8-11H,4,7,12-13H2,1H3,(H,20,23)(H,21,22). The molecule has 3 aromatic rings. The highest BCUT2D eigenvalue weighted by atomic mass is 16.5. The van der Waals surface area contributed by atoms with Crippen LogP contribution in [0.1, 0.15) is 17.8 Å². The lowest BCUT2D eigenvalue weighted by molar-refractivity contribution is -0.120. The second kappa shape index (κ2) is 7.64. The fraction of sp³-hybridized carbons (Fsp3) is 0.263. The van der Waals surface area contributed by atoms with E-state index in [9.17, 15) is 4.79 Å². The second-order valence-electron chi connectivity index (χ2n) is 5.68. The number of carbonyl (C=O) groups excluding carboxylic acids is 1. The van der Waals surface area contributed by atoms with Crippen LogP contribution in [0.5, 0.6) is 5.75 Å². The summed E-state index contributed by atoms with van der Waals surface area (Å²) in [5, 5.41) is 2.95. The summed E-state index contributed by atoms with van der Waals surface area (Å²) in [6.07, 6.45) is 2.06. The molecule has 0 aliphatic heterocycles. The van der Waals surface area contributed by atoms with Crippen LogP contribution in [-0.4, -0.2) is 29.5 Å². The molecule has 0 aliphatic carbocycles. The summed E-state index contributed by atoms with van der Waals surface area (Å²) >= 11 is 0. The smallest absolute Gasteiger partial charge is 0.224 e. The summed E-state index contributed by atoms with van der Waals surface area (Å²) in [7, 11) is 1.63. The second-order valence-corrected chi connectivity index (χ2v) is 5.68. The van der Waals surface area contributed by atoms with Gasteiger partial charge in [0.1, 0.15) is 11.6 Å². The highest BCUT2D eigenvalue weighted by Gasteiger charge is 2.05. The highest BCUT2D eigenvalue weighted by Crippen LogP contribution is 2.12. The first-order valence-electron chi connectivity index (χ1n) is 8.08. The van der Waals surface area contributed by atoms with Gasteiger partial charge in [-0.2, -0.15) is 0 Å².